The van der Waals surface area contributed by atoms with Gasteiger partial charge in [0.1, 0.15) is 11.9 Å². The Bertz CT molecular complexity index is 643. The van der Waals surface area contributed by atoms with Crippen LogP contribution >= 0.6 is 11.8 Å². The van der Waals surface area contributed by atoms with E-state index in [0.717, 1.165) is 50.1 Å². The van der Waals surface area contributed by atoms with Crippen LogP contribution in [0.3, 0.4) is 0 Å². The molecule has 3 rings (SSSR count). The van der Waals surface area contributed by atoms with Gasteiger partial charge in [0.15, 0.2) is 5.96 Å². The average Bonchev–Trinajstić information content (AvgIpc) is 3.21. The quantitative estimate of drug-likeness (QED) is 0.534. The van der Waals surface area contributed by atoms with Gasteiger partial charge in [0.25, 0.3) is 0 Å². The van der Waals surface area contributed by atoms with Gasteiger partial charge >= 0.3 is 0 Å². The fraction of sp³-hybridized carbons (Fsp3) is 0.667. The molecule has 0 spiro atoms. The van der Waals surface area contributed by atoms with Gasteiger partial charge in [-0.2, -0.15) is 11.8 Å². The van der Waals surface area contributed by atoms with Crippen molar-refractivity contribution in [2.24, 2.45) is 4.99 Å². The van der Waals surface area contributed by atoms with Crippen molar-refractivity contribution < 1.29 is 9.47 Å². The summed E-state index contributed by atoms with van der Waals surface area (Å²) in [6.45, 7) is 9.49. The number of rotatable bonds is 7. The number of aliphatic imine (C=N–C) groups is 1. The molecule has 0 aromatic heterocycles. The molecule has 0 radical (unpaired) electrons. The smallest absolute Gasteiger partial charge is 0.191 e. The number of benzene rings is 1. The lowest BCUT2D eigenvalue weighted by Gasteiger charge is -2.43. The lowest BCUT2D eigenvalue weighted by atomic mass is 9.95. The van der Waals surface area contributed by atoms with Gasteiger partial charge in [0, 0.05) is 38.0 Å². The lowest BCUT2D eigenvalue weighted by Crippen LogP contribution is -2.60. The third-order valence-electron chi connectivity index (χ3n) is 5.55. The first-order chi connectivity index (χ1) is 13.6. The molecule has 0 aliphatic carbocycles. The van der Waals surface area contributed by atoms with Crippen molar-refractivity contribution in [3.05, 3.63) is 29.8 Å². The number of thioether (sulfide) groups is 1. The van der Waals surface area contributed by atoms with Crippen LogP contribution < -0.4 is 15.4 Å². The summed E-state index contributed by atoms with van der Waals surface area (Å²) in [5.74, 6) is 4.18. The maximum atomic E-state index is 6.06. The van der Waals surface area contributed by atoms with E-state index in [1.54, 1.807) is 0 Å². The van der Waals surface area contributed by atoms with Gasteiger partial charge in [0.05, 0.1) is 19.8 Å². The van der Waals surface area contributed by atoms with Gasteiger partial charge in [-0.1, -0.05) is 18.2 Å². The molecule has 2 N–H and O–H groups in total. The zero-order chi connectivity index (χ0) is 19.8. The summed E-state index contributed by atoms with van der Waals surface area (Å²) in [4.78, 5) is 7.02. The third-order valence-corrected chi connectivity index (χ3v) is 6.79. The zero-order valence-corrected chi connectivity index (χ0v) is 18.2. The molecule has 2 atom stereocenters. The van der Waals surface area contributed by atoms with E-state index in [2.05, 4.69) is 52.2 Å². The van der Waals surface area contributed by atoms with Crippen LogP contribution in [0.1, 0.15) is 18.9 Å². The number of para-hydroxylation sites is 1. The highest BCUT2D eigenvalue weighted by Gasteiger charge is 2.40. The van der Waals surface area contributed by atoms with E-state index in [0.29, 0.717) is 6.54 Å². The Morgan fingerprint density at radius 3 is 2.79 bits per heavy atom. The van der Waals surface area contributed by atoms with Crippen LogP contribution in [0.2, 0.25) is 0 Å². The highest BCUT2D eigenvalue weighted by atomic mass is 32.2. The molecule has 1 aromatic carbocycles. The Kier molecular flexibility index (Phi) is 7.88. The molecule has 2 aliphatic rings. The maximum Gasteiger partial charge on any atom is 0.191 e. The Balaban J connectivity index is 1.49. The van der Waals surface area contributed by atoms with Crippen molar-refractivity contribution in [1.82, 2.24) is 15.5 Å². The predicted octanol–water partition coefficient (Wildman–Crippen LogP) is 2.14. The van der Waals surface area contributed by atoms with E-state index >= 15 is 0 Å². The monoisotopic (exact) mass is 406 g/mol. The molecular weight excluding hydrogens is 372 g/mol. The molecule has 156 valence electrons. The molecule has 2 unspecified atom stereocenters. The topological polar surface area (TPSA) is 58.1 Å². The standard InChI is InChI=1S/C21H34N4O2S/c1-17-6-4-5-7-19(17)27-18(2)14-23-20(22-3)24-15-21(8-13-28-16-21)25-9-11-26-12-10-25/h4-7,18H,8-16H2,1-3H3,(H2,22,23,24). The van der Waals surface area contributed by atoms with Crippen molar-refractivity contribution in [2.45, 2.75) is 31.9 Å². The Morgan fingerprint density at radius 2 is 2.11 bits per heavy atom. The summed E-state index contributed by atoms with van der Waals surface area (Å²) >= 11 is 2.05. The average molecular weight is 407 g/mol. The summed E-state index contributed by atoms with van der Waals surface area (Å²) in [6, 6.07) is 8.12. The lowest BCUT2D eigenvalue weighted by molar-refractivity contribution is -0.0120. The van der Waals surface area contributed by atoms with Gasteiger partial charge < -0.3 is 20.1 Å². The van der Waals surface area contributed by atoms with Gasteiger partial charge in [-0.05, 0) is 37.7 Å². The predicted molar refractivity (Wildman–Crippen MR) is 118 cm³/mol. The van der Waals surface area contributed by atoms with E-state index in [1.165, 1.54) is 17.9 Å². The molecule has 0 bridgehead atoms. The Labute approximate surface area is 173 Å². The van der Waals surface area contributed by atoms with E-state index in [9.17, 15) is 0 Å². The van der Waals surface area contributed by atoms with Gasteiger partial charge in [-0.15, -0.1) is 0 Å². The summed E-state index contributed by atoms with van der Waals surface area (Å²) in [5, 5.41) is 6.98. The Hall–Kier alpha value is -1.44. The normalized spacial score (nSPS) is 24.8. The summed E-state index contributed by atoms with van der Waals surface area (Å²) in [5.41, 5.74) is 1.36. The first-order valence-corrected chi connectivity index (χ1v) is 11.4. The molecule has 2 aliphatic heterocycles. The fourth-order valence-electron chi connectivity index (χ4n) is 3.79. The highest BCUT2D eigenvalue weighted by molar-refractivity contribution is 7.99. The van der Waals surface area contributed by atoms with Crippen LogP contribution in [0.15, 0.2) is 29.3 Å². The molecule has 0 saturated carbocycles. The highest BCUT2D eigenvalue weighted by Crippen LogP contribution is 2.33. The number of hydrogen-bond donors (Lipinski definition) is 2. The number of nitrogens with one attached hydrogen (secondary N) is 2. The number of aryl methyl sites for hydroxylation is 1. The summed E-state index contributed by atoms with van der Waals surface area (Å²) < 4.78 is 11.6. The molecule has 28 heavy (non-hydrogen) atoms. The number of guanidine groups is 1. The van der Waals surface area contributed by atoms with Crippen LogP contribution in [0.25, 0.3) is 0 Å². The molecule has 7 heteroatoms. The van der Waals surface area contributed by atoms with Crippen molar-refractivity contribution in [3.63, 3.8) is 0 Å². The van der Waals surface area contributed by atoms with Crippen molar-refractivity contribution in [1.29, 1.82) is 0 Å². The van der Waals surface area contributed by atoms with Crippen LogP contribution in [0.4, 0.5) is 0 Å². The third kappa shape index (κ3) is 5.55. The van der Waals surface area contributed by atoms with E-state index < -0.39 is 0 Å². The minimum Gasteiger partial charge on any atom is -0.489 e. The van der Waals surface area contributed by atoms with Crippen molar-refractivity contribution in [3.8, 4) is 5.75 Å². The van der Waals surface area contributed by atoms with Crippen molar-refractivity contribution in [2.75, 3.05) is 57.9 Å². The molecule has 2 fully saturated rings. The van der Waals surface area contributed by atoms with Crippen LogP contribution in [-0.2, 0) is 4.74 Å². The molecule has 0 amide bonds. The van der Waals surface area contributed by atoms with E-state index in [4.69, 9.17) is 9.47 Å². The first kappa shape index (κ1) is 21.3. The molecular formula is C21H34N4O2S. The maximum absolute atomic E-state index is 6.06. The fourth-order valence-corrected chi connectivity index (χ4v) is 5.27. The van der Waals surface area contributed by atoms with Crippen LogP contribution in [0, 0.1) is 6.92 Å². The second-order valence-corrected chi connectivity index (χ2v) is 8.73. The molecule has 2 heterocycles. The minimum atomic E-state index is 0.0508. The van der Waals surface area contributed by atoms with Crippen LogP contribution in [-0.4, -0.2) is 80.4 Å². The largest absolute Gasteiger partial charge is 0.489 e. The Morgan fingerprint density at radius 1 is 1.32 bits per heavy atom. The number of ether oxygens (including phenoxy) is 2. The SMILES string of the molecule is CN=C(NCC(C)Oc1ccccc1C)NCC1(N2CCOCC2)CCSC1. The number of morpholine rings is 1. The molecule has 6 nitrogen and oxygen atoms in total. The summed E-state index contributed by atoms with van der Waals surface area (Å²) in [7, 11) is 1.83. The van der Waals surface area contributed by atoms with E-state index in [-0.39, 0.29) is 11.6 Å². The van der Waals surface area contributed by atoms with E-state index in [1.807, 2.05) is 25.2 Å². The van der Waals surface area contributed by atoms with Gasteiger partial charge in [-0.25, -0.2) is 0 Å². The zero-order valence-electron chi connectivity index (χ0n) is 17.4. The summed E-state index contributed by atoms with van der Waals surface area (Å²) in [6.07, 6.45) is 1.27. The first-order valence-electron chi connectivity index (χ1n) is 10.2. The number of hydrogen-bond acceptors (Lipinski definition) is 5. The van der Waals surface area contributed by atoms with Crippen LogP contribution in [0.5, 0.6) is 5.75 Å². The van der Waals surface area contributed by atoms with Gasteiger partial charge in [-0.3, -0.25) is 9.89 Å². The molecule has 1 aromatic rings. The second kappa shape index (κ2) is 10.4. The van der Waals surface area contributed by atoms with Gasteiger partial charge in [0.2, 0.25) is 0 Å². The minimum absolute atomic E-state index is 0.0508. The van der Waals surface area contributed by atoms with Crippen molar-refractivity contribution >= 4 is 17.7 Å². The second-order valence-electron chi connectivity index (χ2n) is 7.63. The number of nitrogens with zero attached hydrogens (tertiary/aromatic N) is 2. The molecule has 2 saturated heterocycles.